The zero-order valence-corrected chi connectivity index (χ0v) is 12.6. The van der Waals surface area contributed by atoms with Gasteiger partial charge in [0.2, 0.25) is 5.91 Å². The zero-order valence-electron chi connectivity index (χ0n) is 12.6. The molecule has 1 heterocycles. The van der Waals surface area contributed by atoms with Crippen molar-refractivity contribution in [2.75, 3.05) is 19.6 Å². The largest absolute Gasteiger partial charge is 0.352 e. The molecular formula is C17H26N2O. The maximum Gasteiger partial charge on any atom is 0.217 e. The number of nitrogens with zero attached hydrogens (tertiary/aromatic N) is 1. The molecule has 1 aliphatic rings. The summed E-state index contributed by atoms with van der Waals surface area (Å²) in [5, 5.41) is 3.05. The van der Waals surface area contributed by atoms with Crippen LogP contribution in [0.5, 0.6) is 0 Å². The second kappa shape index (κ2) is 7.44. The van der Waals surface area contributed by atoms with Gasteiger partial charge in [0.15, 0.2) is 0 Å². The van der Waals surface area contributed by atoms with Gasteiger partial charge in [0.25, 0.3) is 0 Å². The minimum absolute atomic E-state index is 0.0921. The summed E-state index contributed by atoms with van der Waals surface area (Å²) in [5.41, 5.74) is 1.42. The van der Waals surface area contributed by atoms with E-state index in [1.54, 1.807) is 6.92 Å². The van der Waals surface area contributed by atoms with Gasteiger partial charge in [-0.15, -0.1) is 0 Å². The lowest BCUT2D eigenvalue weighted by atomic mass is 9.97. The average Bonchev–Trinajstić information content (AvgIpc) is 2.45. The summed E-state index contributed by atoms with van der Waals surface area (Å²) in [6, 6.07) is 11.0. The molecule has 3 nitrogen and oxygen atoms in total. The zero-order chi connectivity index (χ0) is 14.4. The van der Waals surface area contributed by atoms with Crippen LogP contribution in [0.1, 0.15) is 44.6 Å². The standard InChI is InChI=1S/C17H26N2O/c1-14(16-7-4-3-5-8-16)10-12-19-11-6-9-17(13-19)18-15(2)20/h3-5,7-8,14,17H,6,9-13H2,1-2H3,(H,18,20)/t14-,17-/m1/s1. The normalized spacial score (nSPS) is 21.4. The Hall–Kier alpha value is -1.35. The molecule has 3 heteroatoms. The summed E-state index contributed by atoms with van der Waals surface area (Å²) in [7, 11) is 0. The third-order valence-corrected chi connectivity index (χ3v) is 4.16. The molecule has 0 unspecified atom stereocenters. The molecule has 1 N–H and O–H groups in total. The third kappa shape index (κ3) is 4.64. The minimum atomic E-state index is 0.0921. The lowest BCUT2D eigenvalue weighted by Gasteiger charge is -2.33. The van der Waals surface area contributed by atoms with Crippen molar-refractivity contribution >= 4 is 5.91 Å². The van der Waals surface area contributed by atoms with Gasteiger partial charge in [-0.1, -0.05) is 37.3 Å². The van der Waals surface area contributed by atoms with E-state index in [1.165, 1.54) is 18.4 Å². The average molecular weight is 274 g/mol. The van der Waals surface area contributed by atoms with E-state index < -0.39 is 0 Å². The molecule has 20 heavy (non-hydrogen) atoms. The van der Waals surface area contributed by atoms with Gasteiger partial charge in [-0.05, 0) is 43.8 Å². The van der Waals surface area contributed by atoms with Gasteiger partial charge in [-0.3, -0.25) is 4.79 Å². The van der Waals surface area contributed by atoms with Crippen LogP contribution in [0.25, 0.3) is 0 Å². The molecule has 0 radical (unpaired) electrons. The van der Waals surface area contributed by atoms with E-state index in [9.17, 15) is 4.79 Å². The molecule has 1 saturated heterocycles. The van der Waals surface area contributed by atoms with Crippen molar-refractivity contribution < 1.29 is 4.79 Å². The van der Waals surface area contributed by atoms with Crippen LogP contribution in [0.15, 0.2) is 30.3 Å². The maximum atomic E-state index is 11.1. The Kier molecular flexibility index (Phi) is 5.60. The van der Waals surface area contributed by atoms with Gasteiger partial charge in [0.1, 0.15) is 0 Å². The molecule has 1 aliphatic heterocycles. The molecular weight excluding hydrogens is 248 g/mol. The number of carbonyl (C=O) groups is 1. The van der Waals surface area contributed by atoms with Crippen LogP contribution >= 0.6 is 0 Å². The van der Waals surface area contributed by atoms with Crippen molar-refractivity contribution in [3.63, 3.8) is 0 Å². The van der Waals surface area contributed by atoms with E-state index in [0.29, 0.717) is 12.0 Å². The second-order valence-corrected chi connectivity index (χ2v) is 5.94. The predicted molar refractivity (Wildman–Crippen MR) is 82.8 cm³/mol. The molecule has 110 valence electrons. The molecule has 0 aromatic heterocycles. The highest BCUT2D eigenvalue weighted by Crippen LogP contribution is 2.20. The molecule has 1 aromatic rings. The number of likely N-dealkylation sites (tertiary alicyclic amines) is 1. The van der Waals surface area contributed by atoms with E-state index in [2.05, 4.69) is 47.5 Å². The quantitative estimate of drug-likeness (QED) is 0.895. The fourth-order valence-electron chi connectivity index (χ4n) is 2.99. The van der Waals surface area contributed by atoms with Crippen molar-refractivity contribution in [3.8, 4) is 0 Å². The third-order valence-electron chi connectivity index (χ3n) is 4.16. The van der Waals surface area contributed by atoms with Gasteiger partial charge in [0.05, 0.1) is 0 Å². The summed E-state index contributed by atoms with van der Waals surface area (Å²) < 4.78 is 0. The summed E-state index contributed by atoms with van der Waals surface area (Å²) in [6.07, 6.45) is 3.48. The van der Waals surface area contributed by atoms with Crippen LogP contribution in [0.4, 0.5) is 0 Å². The van der Waals surface area contributed by atoms with Crippen molar-refractivity contribution in [1.82, 2.24) is 10.2 Å². The number of carbonyl (C=O) groups excluding carboxylic acids is 1. The van der Waals surface area contributed by atoms with E-state index in [0.717, 1.165) is 26.1 Å². The van der Waals surface area contributed by atoms with E-state index in [-0.39, 0.29) is 5.91 Å². The highest BCUT2D eigenvalue weighted by atomic mass is 16.1. The number of hydrogen-bond acceptors (Lipinski definition) is 2. The van der Waals surface area contributed by atoms with Crippen LogP contribution < -0.4 is 5.32 Å². The highest BCUT2D eigenvalue weighted by Gasteiger charge is 2.20. The first-order valence-electron chi connectivity index (χ1n) is 7.69. The minimum Gasteiger partial charge on any atom is -0.352 e. The molecule has 2 rings (SSSR count). The molecule has 2 atom stereocenters. The Labute approximate surface area is 122 Å². The summed E-state index contributed by atoms with van der Waals surface area (Å²) in [6.45, 7) is 7.19. The molecule has 0 spiro atoms. The Morgan fingerprint density at radius 3 is 2.85 bits per heavy atom. The maximum absolute atomic E-state index is 11.1. The molecule has 0 saturated carbocycles. The number of hydrogen-bond donors (Lipinski definition) is 1. The monoisotopic (exact) mass is 274 g/mol. The molecule has 1 aromatic carbocycles. The Balaban J connectivity index is 1.77. The van der Waals surface area contributed by atoms with E-state index >= 15 is 0 Å². The van der Waals surface area contributed by atoms with Gasteiger partial charge in [-0.25, -0.2) is 0 Å². The molecule has 0 bridgehead atoms. The Bertz CT molecular complexity index is 418. The van der Waals surface area contributed by atoms with Crippen molar-refractivity contribution in [3.05, 3.63) is 35.9 Å². The van der Waals surface area contributed by atoms with E-state index in [4.69, 9.17) is 0 Å². The van der Waals surface area contributed by atoms with Crippen LogP contribution in [0.2, 0.25) is 0 Å². The van der Waals surface area contributed by atoms with Crippen LogP contribution in [-0.4, -0.2) is 36.5 Å². The number of benzene rings is 1. The van der Waals surface area contributed by atoms with Crippen LogP contribution in [0, 0.1) is 0 Å². The first-order valence-corrected chi connectivity index (χ1v) is 7.69. The Morgan fingerprint density at radius 1 is 1.40 bits per heavy atom. The summed E-state index contributed by atoms with van der Waals surface area (Å²) in [5.74, 6) is 0.687. The lowest BCUT2D eigenvalue weighted by molar-refractivity contribution is -0.120. The number of amides is 1. The summed E-state index contributed by atoms with van der Waals surface area (Å²) in [4.78, 5) is 13.6. The number of nitrogens with one attached hydrogen (secondary N) is 1. The first-order chi connectivity index (χ1) is 9.65. The fourth-order valence-corrected chi connectivity index (χ4v) is 2.99. The molecule has 1 fully saturated rings. The van der Waals surface area contributed by atoms with Crippen molar-refractivity contribution in [1.29, 1.82) is 0 Å². The second-order valence-electron chi connectivity index (χ2n) is 5.94. The number of rotatable bonds is 5. The molecule has 0 aliphatic carbocycles. The summed E-state index contributed by atoms with van der Waals surface area (Å²) >= 11 is 0. The number of piperidine rings is 1. The Morgan fingerprint density at radius 2 is 2.15 bits per heavy atom. The van der Waals surface area contributed by atoms with Crippen molar-refractivity contribution in [2.45, 2.75) is 45.1 Å². The molecule has 1 amide bonds. The van der Waals surface area contributed by atoms with Crippen LogP contribution in [-0.2, 0) is 4.79 Å². The lowest BCUT2D eigenvalue weighted by Crippen LogP contribution is -2.47. The van der Waals surface area contributed by atoms with Crippen LogP contribution in [0.3, 0.4) is 0 Å². The van der Waals surface area contributed by atoms with Gasteiger partial charge in [-0.2, -0.15) is 0 Å². The van der Waals surface area contributed by atoms with E-state index in [1.807, 2.05) is 0 Å². The fraction of sp³-hybridized carbons (Fsp3) is 0.588. The predicted octanol–water partition coefficient (Wildman–Crippen LogP) is 2.78. The highest BCUT2D eigenvalue weighted by molar-refractivity contribution is 5.73. The smallest absolute Gasteiger partial charge is 0.217 e. The van der Waals surface area contributed by atoms with Crippen molar-refractivity contribution in [2.24, 2.45) is 0 Å². The van der Waals surface area contributed by atoms with Gasteiger partial charge in [0, 0.05) is 19.5 Å². The van der Waals surface area contributed by atoms with Gasteiger partial charge >= 0.3 is 0 Å². The SMILES string of the molecule is CC(=O)N[C@@H]1CCCN(CC[C@@H](C)c2ccccc2)C1. The first kappa shape index (κ1) is 15.0. The van der Waals surface area contributed by atoms with Gasteiger partial charge < -0.3 is 10.2 Å². The topological polar surface area (TPSA) is 32.3 Å².